The third kappa shape index (κ3) is 2.79. The Labute approximate surface area is 148 Å². The summed E-state index contributed by atoms with van der Waals surface area (Å²) in [6.07, 6.45) is 4.34. The third-order valence-corrected chi connectivity index (χ3v) is 5.13. The topological polar surface area (TPSA) is 0 Å². The zero-order valence-corrected chi connectivity index (χ0v) is 14.5. The summed E-state index contributed by atoms with van der Waals surface area (Å²) in [5.74, 6) is 0. The summed E-state index contributed by atoms with van der Waals surface area (Å²) in [6, 6.07) is 23.5. The quantitative estimate of drug-likeness (QED) is 0.399. The molecule has 1 aliphatic carbocycles. The Morgan fingerprint density at radius 2 is 1.67 bits per heavy atom. The van der Waals surface area contributed by atoms with Crippen LogP contribution in [0.5, 0.6) is 0 Å². The van der Waals surface area contributed by atoms with Gasteiger partial charge in [-0.05, 0) is 70.9 Å². The lowest BCUT2D eigenvalue weighted by Gasteiger charge is -2.08. The molecule has 1 heteroatoms. The van der Waals surface area contributed by atoms with Gasteiger partial charge in [-0.3, -0.25) is 0 Å². The number of halogens is 1. The minimum absolute atomic E-state index is 0.783. The molecule has 0 bridgehead atoms. The normalized spacial score (nSPS) is 12.8. The molecule has 3 aromatic carbocycles. The highest BCUT2D eigenvalue weighted by atomic mass is 35.5. The number of rotatable bonds is 3. The van der Waals surface area contributed by atoms with Gasteiger partial charge < -0.3 is 0 Å². The maximum Gasteiger partial charge on any atom is 0.0406 e. The first-order valence-corrected chi connectivity index (χ1v) is 8.72. The minimum atomic E-state index is 0.783. The molecule has 0 atom stereocenters. The van der Waals surface area contributed by atoms with Gasteiger partial charge in [0.15, 0.2) is 0 Å². The van der Waals surface area contributed by atoms with Crippen molar-refractivity contribution in [1.82, 2.24) is 0 Å². The molecule has 0 N–H and O–H groups in total. The van der Waals surface area contributed by atoms with Crippen LogP contribution in [-0.4, -0.2) is 0 Å². The van der Waals surface area contributed by atoms with Crippen molar-refractivity contribution < 1.29 is 0 Å². The van der Waals surface area contributed by atoms with Crippen LogP contribution < -0.4 is 0 Å². The zero-order chi connectivity index (χ0) is 16.5. The molecular formula is C23H19Cl. The molecule has 0 aromatic heterocycles. The van der Waals surface area contributed by atoms with Crippen molar-refractivity contribution in [3.8, 4) is 11.1 Å². The number of fused-ring (bicyclic) bond motifs is 3. The highest BCUT2D eigenvalue weighted by molar-refractivity contribution is 6.30. The van der Waals surface area contributed by atoms with Crippen molar-refractivity contribution in [2.75, 3.05) is 0 Å². The summed E-state index contributed by atoms with van der Waals surface area (Å²) < 4.78 is 0. The van der Waals surface area contributed by atoms with Crippen molar-refractivity contribution in [3.63, 3.8) is 0 Å². The lowest BCUT2D eigenvalue weighted by molar-refractivity contribution is 1.16. The van der Waals surface area contributed by atoms with Crippen LogP contribution in [0.2, 0.25) is 5.02 Å². The van der Waals surface area contributed by atoms with Crippen LogP contribution in [-0.2, 0) is 12.8 Å². The van der Waals surface area contributed by atoms with Crippen LogP contribution in [0.3, 0.4) is 0 Å². The van der Waals surface area contributed by atoms with E-state index in [0.29, 0.717) is 0 Å². The standard InChI is InChI=1S/C23H19Cl/c1-16(17-11-13-20(24)14-12-17)9-10-18-6-4-8-22-21-7-3-2-5-19(21)15-23(18)22/h2-9,11-14H,10,15H2,1H3. The maximum absolute atomic E-state index is 5.98. The number of benzene rings is 3. The molecular weight excluding hydrogens is 312 g/mol. The Balaban J connectivity index is 1.63. The monoisotopic (exact) mass is 330 g/mol. The second kappa shape index (κ2) is 6.30. The van der Waals surface area contributed by atoms with Crippen LogP contribution in [0, 0.1) is 0 Å². The van der Waals surface area contributed by atoms with Crippen molar-refractivity contribution >= 4 is 17.2 Å². The van der Waals surface area contributed by atoms with E-state index in [4.69, 9.17) is 11.6 Å². The highest BCUT2D eigenvalue weighted by Crippen LogP contribution is 2.38. The van der Waals surface area contributed by atoms with Gasteiger partial charge in [0.25, 0.3) is 0 Å². The van der Waals surface area contributed by atoms with Crippen LogP contribution in [0.25, 0.3) is 16.7 Å². The van der Waals surface area contributed by atoms with E-state index < -0.39 is 0 Å². The first-order chi connectivity index (χ1) is 11.7. The Morgan fingerprint density at radius 1 is 0.917 bits per heavy atom. The van der Waals surface area contributed by atoms with Crippen molar-refractivity contribution in [2.45, 2.75) is 19.8 Å². The molecule has 0 saturated heterocycles. The van der Waals surface area contributed by atoms with Gasteiger partial charge in [-0.2, -0.15) is 0 Å². The van der Waals surface area contributed by atoms with E-state index in [9.17, 15) is 0 Å². The molecule has 0 heterocycles. The molecule has 118 valence electrons. The second-order valence-corrected chi connectivity index (χ2v) is 6.81. The fraction of sp³-hybridized carbons (Fsp3) is 0.130. The van der Waals surface area contributed by atoms with Crippen LogP contribution in [0.15, 0.2) is 72.8 Å². The molecule has 0 amide bonds. The first kappa shape index (κ1) is 15.2. The van der Waals surface area contributed by atoms with E-state index in [0.717, 1.165) is 17.9 Å². The van der Waals surface area contributed by atoms with Crippen LogP contribution in [0.1, 0.15) is 29.2 Å². The van der Waals surface area contributed by atoms with Gasteiger partial charge in [-0.25, -0.2) is 0 Å². The average molecular weight is 331 g/mol. The van der Waals surface area contributed by atoms with Crippen molar-refractivity contribution in [3.05, 3.63) is 100 Å². The van der Waals surface area contributed by atoms with E-state index in [1.54, 1.807) is 0 Å². The molecule has 0 unspecified atom stereocenters. The largest absolute Gasteiger partial charge is 0.0843 e. The van der Waals surface area contributed by atoms with Gasteiger partial charge in [0, 0.05) is 5.02 Å². The molecule has 0 saturated carbocycles. The Hall–Kier alpha value is -2.31. The number of allylic oxidation sites excluding steroid dienone is 2. The SMILES string of the molecule is CC(=CCc1cccc2c1Cc1ccccc1-2)c1ccc(Cl)cc1. The first-order valence-electron chi connectivity index (χ1n) is 8.34. The molecule has 3 aromatic rings. The third-order valence-electron chi connectivity index (χ3n) is 4.88. The smallest absolute Gasteiger partial charge is 0.0406 e. The predicted molar refractivity (Wildman–Crippen MR) is 103 cm³/mol. The lowest BCUT2D eigenvalue weighted by Crippen LogP contribution is -1.92. The predicted octanol–water partition coefficient (Wildman–Crippen LogP) is 6.56. The summed E-state index contributed by atoms with van der Waals surface area (Å²) >= 11 is 5.98. The second-order valence-electron chi connectivity index (χ2n) is 6.38. The molecule has 0 fully saturated rings. The fourth-order valence-electron chi connectivity index (χ4n) is 3.51. The van der Waals surface area contributed by atoms with Gasteiger partial charge in [0.2, 0.25) is 0 Å². The molecule has 24 heavy (non-hydrogen) atoms. The summed E-state index contributed by atoms with van der Waals surface area (Å²) in [6.45, 7) is 2.17. The van der Waals surface area contributed by atoms with E-state index in [1.165, 1.54) is 39.0 Å². The Kier molecular flexibility index (Phi) is 4.00. The zero-order valence-electron chi connectivity index (χ0n) is 13.7. The van der Waals surface area contributed by atoms with E-state index in [-0.39, 0.29) is 0 Å². The van der Waals surface area contributed by atoms with Gasteiger partial charge in [-0.15, -0.1) is 0 Å². The lowest BCUT2D eigenvalue weighted by atomic mass is 9.97. The van der Waals surface area contributed by atoms with Gasteiger partial charge >= 0.3 is 0 Å². The number of hydrogen-bond donors (Lipinski definition) is 0. The van der Waals surface area contributed by atoms with E-state index >= 15 is 0 Å². The Bertz CT molecular complexity index is 917. The maximum atomic E-state index is 5.98. The van der Waals surface area contributed by atoms with Crippen molar-refractivity contribution in [2.24, 2.45) is 0 Å². The summed E-state index contributed by atoms with van der Waals surface area (Å²) in [5, 5.41) is 0.783. The molecule has 0 spiro atoms. The highest BCUT2D eigenvalue weighted by Gasteiger charge is 2.19. The van der Waals surface area contributed by atoms with E-state index in [2.05, 4.69) is 67.6 Å². The number of hydrogen-bond acceptors (Lipinski definition) is 0. The molecule has 4 rings (SSSR count). The van der Waals surface area contributed by atoms with Crippen LogP contribution >= 0.6 is 11.6 Å². The minimum Gasteiger partial charge on any atom is -0.0843 e. The van der Waals surface area contributed by atoms with Crippen molar-refractivity contribution in [1.29, 1.82) is 0 Å². The van der Waals surface area contributed by atoms with Crippen LogP contribution in [0.4, 0.5) is 0 Å². The summed E-state index contributed by atoms with van der Waals surface area (Å²) in [4.78, 5) is 0. The molecule has 0 aliphatic heterocycles. The summed E-state index contributed by atoms with van der Waals surface area (Å²) in [7, 11) is 0. The van der Waals surface area contributed by atoms with Gasteiger partial charge in [0.1, 0.15) is 0 Å². The molecule has 1 aliphatic rings. The van der Waals surface area contributed by atoms with Gasteiger partial charge in [-0.1, -0.05) is 72.3 Å². The van der Waals surface area contributed by atoms with Gasteiger partial charge in [0.05, 0.1) is 0 Å². The summed E-state index contributed by atoms with van der Waals surface area (Å²) in [5.41, 5.74) is 9.68. The Morgan fingerprint density at radius 3 is 2.50 bits per heavy atom. The molecule has 0 radical (unpaired) electrons. The average Bonchev–Trinajstić information content (AvgIpc) is 2.99. The fourth-order valence-corrected chi connectivity index (χ4v) is 3.63. The molecule has 0 nitrogen and oxygen atoms in total. The van der Waals surface area contributed by atoms with E-state index in [1.807, 2.05) is 12.1 Å².